The van der Waals surface area contributed by atoms with Crippen molar-refractivity contribution in [1.29, 1.82) is 0 Å². The molecule has 0 saturated carbocycles. The van der Waals surface area contributed by atoms with Crippen molar-refractivity contribution in [2.45, 2.75) is 45.7 Å². The summed E-state index contributed by atoms with van der Waals surface area (Å²) in [6.07, 6.45) is 5.95. The number of allylic oxidation sites excluding steroid dienone is 1. The van der Waals surface area contributed by atoms with E-state index in [1.807, 2.05) is 12.1 Å². The molecule has 1 aromatic carbocycles. The monoisotopic (exact) mass is 444 g/mol. The molecule has 0 spiro atoms. The number of nitrogens with one attached hydrogen (secondary N) is 2. The third-order valence-corrected chi connectivity index (χ3v) is 5.90. The Hall–Kier alpha value is -3.65. The van der Waals surface area contributed by atoms with E-state index in [-0.39, 0.29) is 11.0 Å². The number of hydrogen-bond donors (Lipinski definition) is 2. The summed E-state index contributed by atoms with van der Waals surface area (Å²) in [4.78, 5) is 22.2. The van der Waals surface area contributed by atoms with Crippen LogP contribution in [0.5, 0.6) is 0 Å². The Bertz CT molecular complexity index is 1400. The highest BCUT2D eigenvalue weighted by Gasteiger charge is 2.22. The molecule has 8 heteroatoms. The zero-order chi connectivity index (χ0) is 23.2. The lowest BCUT2D eigenvalue weighted by Gasteiger charge is -2.18. The molecule has 5 rings (SSSR count). The molecule has 1 aliphatic rings. The number of fused-ring (bicyclic) bond motifs is 2. The fourth-order valence-electron chi connectivity index (χ4n) is 4.16. The number of benzene rings is 1. The second-order valence-electron chi connectivity index (χ2n) is 9.37. The lowest BCUT2D eigenvalue weighted by atomic mass is 9.93. The maximum absolute atomic E-state index is 13.1. The lowest BCUT2D eigenvalue weighted by Crippen LogP contribution is -2.23. The van der Waals surface area contributed by atoms with Gasteiger partial charge in [-0.3, -0.25) is 4.79 Å². The quantitative estimate of drug-likeness (QED) is 0.452. The number of hydrogen-bond acceptors (Lipinski definition) is 6. The molecule has 0 radical (unpaired) electrons. The number of anilines is 2. The minimum Gasteiger partial charge on any atom is -0.466 e. The van der Waals surface area contributed by atoms with Gasteiger partial charge in [-0.25, -0.2) is 14.3 Å². The topological polar surface area (TPSA) is 89.9 Å². The van der Waals surface area contributed by atoms with Crippen LogP contribution in [0.2, 0.25) is 0 Å². The van der Waals surface area contributed by atoms with E-state index in [2.05, 4.69) is 55.1 Å². The van der Waals surface area contributed by atoms with E-state index < -0.39 is 0 Å². The van der Waals surface area contributed by atoms with Crippen molar-refractivity contribution in [3.8, 4) is 5.69 Å². The Balaban J connectivity index is 1.59. The molecule has 3 aromatic heterocycles. The lowest BCUT2D eigenvalue weighted by molar-refractivity contribution is 0.409. The number of aromatic nitrogens is 4. The Morgan fingerprint density at radius 2 is 2.12 bits per heavy atom. The number of nitrogens with zero attached hydrogens (tertiary/aromatic N) is 4. The van der Waals surface area contributed by atoms with E-state index in [0.717, 1.165) is 36.6 Å². The number of rotatable bonds is 5. The van der Waals surface area contributed by atoms with E-state index >= 15 is 0 Å². The summed E-state index contributed by atoms with van der Waals surface area (Å²) >= 11 is 0. The first-order chi connectivity index (χ1) is 15.8. The Kier molecular flexibility index (Phi) is 5.17. The third-order valence-electron chi connectivity index (χ3n) is 5.90. The maximum atomic E-state index is 13.1. The summed E-state index contributed by atoms with van der Waals surface area (Å²) in [5, 5.41) is 7.14. The van der Waals surface area contributed by atoms with E-state index in [1.165, 1.54) is 11.1 Å². The van der Waals surface area contributed by atoms with Gasteiger partial charge < -0.3 is 15.1 Å². The highest BCUT2D eigenvalue weighted by molar-refractivity contribution is 5.77. The Morgan fingerprint density at radius 3 is 2.88 bits per heavy atom. The van der Waals surface area contributed by atoms with Gasteiger partial charge in [0.15, 0.2) is 5.65 Å². The second-order valence-corrected chi connectivity index (χ2v) is 9.37. The van der Waals surface area contributed by atoms with Gasteiger partial charge in [-0.15, -0.1) is 6.58 Å². The van der Waals surface area contributed by atoms with Crippen molar-refractivity contribution in [3.05, 3.63) is 76.6 Å². The molecule has 0 bridgehead atoms. The molecule has 1 aliphatic heterocycles. The summed E-state index contributed by atoms with van der Waals surface area (Å²) in [5.74, 6) is 1.25. The first-order valence-corrected chi connectivity index (χ1v) is 11.1. The van der Waals surface area contributed by atoms with Gasteiger partial charge in [0.1, 0.15) is 23.1 Å². The molecular weight excluding hydrogens is 416 g/mol. The van der Waals surface area contributed by atoms with Crippen molar-refractivity contribution in [1.82, 2.24) is 24.6 Å². The van der Waals surface area contributed by atoms with Crippen LogP contribution in [0.4, 0.5) is 11.6 Å². The summed E-state index contributed by atoms with van der Waals surface area (Å²) in [5.41, 5.74) is 4.46. The van der Waals surface area contributed by atoms with Crippen molar-refractivity contribution < 1.29 is 4.42 Å². The van der Waals surface area contributed by atoms with Gasteiger partial charge in [-0.2, -0.15) is 4.98 Å². The van der Waals surface area contributed by atoms with Crippen molar-refractivity contribution >= 4 is 22.7 Å². The van der Waals surface area contributed by atoms with E-state index in [1.54, 1.807) is 27.9 Å². The first kappa shape index (κ1) is 21.2. The molecule has 0 aliphatic carbocycles. The van der Waals surface area contributed by atoms with Gasteiger partial charge in [0.25, 0.3) is 5.56 Å². The van der Waals surface area contributed by atoms with Crippen LogP contribution in [0.3, 0.4) is 0 Å². The minimum absolute atomic E-state index is 0.159. The van der Waals surface area contributed by atoms with Gasteiger partial charge in [0.05, 0.1) is 6.54 Å². The van der Waals surface area contributed by atoms with Crippen LogP contribution >= 0.6 is 0 Å². The van der Waals surface area contributed by atoms with E-state index in [4.69, 9.17) is 9.40 Å². The molecule has 4 aromatic rings. The molecule has 170 valence electrons. The SMILES string of the molecule is C=CCn1c(=O)c2cnc(Nc3ccc4c(c3)CNCC4)nc2n1-c1coc(C(C)(C)C)c1. The minimum atomic E-state index is -0.171. The fraction of sp³-hybridized carbons (Fsp3) is 0.320. The van der Waals surface area contributed by atoms with E-state index in [9.17, 15) is 4.79 Å². The smallest absolute Gasteiger partial charge is 0.278 e. The van der Waals surface area contributed by atoms with Crippen LogP contribution in [-0.2, 0) is 24.9 Å². The van der Waals surface area contributed by atoms with Gasteiger partial charge in [0.2, 0.25) is 5.95 Å². The van der Waals surface area contributed by atoms with Crippen molar-refractivity contribution in [2.75, 3.05) is 11.9 Å². The fourth-order valence-corrected chi connectivity index (χ4v) is 4.16. The second kappa shape index (κ2) is 8.04. The average molecular weight is 445 g/mol. The van der Waals surface area contributed by atoms with Crippen LogP contribution in [0.25, 0.3) is 16.7 Å². The van der Waals surface area contributed by atoms with Gasteiger partial charge in [-0.1, -0.05) is 32.9 Å². The zero-order valence-corrected chi connectivity index (χ0v) is 19.2. The van der Waals surface area contributed by atoms with E-state index in [0.29, 0.717) is 23.5 Å². The molecule has 0 saturated heterocycles. The molecule has 0 amide bonds. The molecule has 2 N–H and O–H groups in total. The van der Waals surface area contributed by atoms with Crippen LogP contribution in [0.1, 0.15) is 37.7 Å². The summed E-state index contributed by atoms with van der Waals surface area (Å²) in [6, 6.07) is 8.26. The Morgan fingerprint density at radius 1 is 1.27 bits per heavy atom. The third kappa shape index (κ3) is 3.87. The van der Waals surface area contributed by atoms with Crippen LogP contribution in [-0.4, -0.2) is 25.9 Å². The molecule has 33 heavy (non-hydrogen) atoms. The van der Waals surface area contributed by atoms with Crippen LogP contribution in [0, 0.1) is 0 Å². The first-order valence-electron chi connectivity index (χ1n) is 11.1. The van der Waals surface area contributed by atoms with Crippen molar-refractivity contribution in [3.63, 3.8) is 0 Å². The molecule has 8 nitrogen and oxygen atoms in total. The van der Waals surface area contributed by atoms with Gasteiger partial charge in [0, 0.05) is 29.9 Å². The number of furan rings is 1. The normalized spacial score (nSPS) is 13.8. The van der Waals surface area contributed by atoms with Crippen LogP contribution < -0.4 is 16.2 Å². The van der Waals surface area contributed by atoms with Crippen LogP contribution in [0.15, 0.2) is 58.6 Å². The highest BCUT2D eigenvalue weighted by Crippen LogP contribution is 2.28. The van der Waals surface area contributed by atoms with Gasteiger partial charge >= 0.3 is 0 Å². The molecular formula is C25H28N6O2. The molecule has 4 heterocycles. The zero-order valence-electron chi connectivity index (χ0n) is 19.2. The van der Waals surface area contributed by atoms with Crippen molar-refractivity contribution in [2.24, 2.45) is 0 Å². The standard InChI is InChI=1S/C25H28N6O2/c1-5-10-30-23(32)20-14-27-24(28-18-7-6-16-8-9-26-13-17(16)11-18)29-22(20)31(30)19-12-21(33-15-19)25(2,3)4/h5-7,11-12,14-15,26H,1,8-10,13H2,2-4H3,(H,27,28,29). The maximum Gasteiger partial charge on any atom is 0.278 e. The van der Waals surface area contributed by atoms with Gasteiger partial charge in [-0.05, 0) is 36.2 Å². The summed E-state index contributed by atoms with van der Waals surface area (Å²) in [6.45, 7) is 12.2. The summed E-state index contributed by atoms with van der Waals surface area (Å²) in [7, 11) is 0. The Labute approximate surface area is 191 Å². The summed E-state index contributed by atoms with van der Waals surface area (Å²) < 4.78 is 9.20. The average Bonchev–Trinajstić information content (AvgIpc) is 3.38. The predicted octanol–water partition coefficient (Wildman–Crippen LogP) is 4.05. The largest absolute Gasteiger partial charge is 0.466 e. The molecule has 0 atom stereocenters. The molecule has 0 unspecified atom stereocenters. The predicted molar refractivity (Wildman–Crippen MR) is 129 cm³/mol. The highest BCUT2D eigenvalue weighted by atomic mass is 16.3. The molecule has 0 fully saturated rings.